The number of anilines is 1. The van der Waals surface area contributed by atoms with Crippen molar-refractivity contribution >= 4 is 38.5 Å². The maximum Gasteiger partial charge on any atom is 0.264 e. The second-order valence-corrected chi connectivity index (χ2v) is 8.43. The van der Waals surface area contributed by atoms with Gasteiger partial charge < -0.3 is 0 Å². The highest BCUT2D eigenvalue weighted by molar-refractivity contribution is 7.93. The normalized spacial score (nSPS) is 14.5. The van der Waals surface area contributed by atoms with Crippen molar-refractivity contribution < 1.29 is 8.42 Å². The van der Waals surface area contributed by atoms with E-state index >= 15 is 0 Å². The number of hydrogen-bond donors (Lipinski definition) is 1. The first-order chi connectivity index (χ1) is 13.1. The van der Waals surface area contributed by atoms with Crippen molar-refractivity contribution in [3.05, 3.63) is 42.5 Å². The van der Waals surface area contributed by atoms with Gasteiger partial charge in [-0.3, -0.25) is 4.72 Å². The van der Waals surface area contributed by atoms with E-state index in [1.807, 2.05) is 6.07 Å². The van der Waals surface area contributed by atoms with Crippen molar-refractivity contribution in [3.8, 4) is 11.4 Å². The molecule has 1 aliphatic carbocycles. The van der Waals surface area contributed by atoms with E-state index in [9.17, 15) is 8.42 Å². The van der Waals surface area contributed by atoms with Gasteiger partial charge in [-0.15, -0.1) is 5.10 Å². The van der Waals surface area contributed by atoms with E-state index in [0.29, 0.717) is 28.6 Å². The molecule has 2 aromatic carbocycles. The lowest BCUT2D eigenvalue weighted by atomic mass is 10.2. The number of sulfonamides is 1. The van der Waals surface area contributed by atoms with Gasteiger partial charge in [0.2, 0.25) is 0 Å². The summed E-state index contributed by atoms with van der Waals surface area (Å²) in [5, 5.41) is 11.9. The lowest BCUT2D eigenvalue weighted by Gasteiger charge is -2.10. The van der Waals surface area contributed by atoms with Gasteiger partial charge in [-0.25, -0.2) is 13.1 Å². The van der Waals surface area contributed by atoms with Crippen molar-refractivity contribution in [2.45, 2.75) is 23.8 Å². The SMILES string of the molecule is O=S(=O)(Nc1cccc(-c2nnnn2C2CC2)c1)c1cccc2nsnc12. The number of nitrogens with zero attached hydrogens (tertiary/aromatic N) is 6. The molecular weight excluding hydrogens is 386 g/mol. The molecule has 0 radical (unpaired) electrons. The third kappa shape index (κ3) is 2.94. The van der Waals surface area contributed by atoms with Gasteiger partial charge in [0.25, 0.3) is 10.0 Å². The molecule has 2 heterocycles. The van der Waals surface area contributed by atoms with Crippen LogP contribution in [0.3, 0.4) is 0 Å². The zero-order chi connectivity index (χ0) is 18.4. The van der Waals surface area contributed by atoms with Crippen LogP contribution in [0.5, 0.6) is 0 Å². The van der Waals surface area contributed by atoms with Crippen LogP contribution >= 0.6 is 11.7 Å². The Morgan fingerprint density at radius 2 is 1.96 bits per heavy atom. The summed E-state index contributed by atoms with van der Waals surface area (Å²) in [7, 11) is -3.81. The van der Waals surface area contributed by atoms with Gasteiger partial charge in [0, 0.05) is 11.3 Å². The van der Waals surface area contributed by atoms with Gasteiger partial charge in [-0.05, 0) is 47.5 Å². The molecule has 0 spiro atoms. The van der Waals surface area contributed by atoms with Crippen LogP contribution in [0.25, 0.3) is 22.4 Å². The van der Waals surface area contributed by atoms with Crippen LogP contribution in [0.4, 0.5) is 5.69 Å². The summed E-state index contributed by atoms with van der Waals surface area (Å²) in [6.07, 6.45) is 2.10. The summed E-state index contributed by atoms with van der Waals surface area (Å²) in [6.45, 7) is 0. The number of tetrazole rings is 1. The zero-order valence-corrected chi connectivity index (χ0v) is 15.5. The van der Waals surface area contributed by atoms with Crippen LogP contribution < -0.4 is 4.72 Å². The molecular formula is C16H13N7O2S2. The highest BCUT2D eigenvalue weighted by Gasteiger charge is 2.28. The van der Waals surface area contributed by atoms with E-state index in [1.165, 1.54) is 6.07 Å². The summed E-state index contributed by atoms with van der Waals surface area (Å²) in [5.41, 5.74) is 2.10. The molecule has 1 saturated carbocycles. The number of aromatic nitrogens is 6. The van der Waals surface area contributed by atoms with E-state index in [0.717, 1.165) is 30.1 Å². The molecule has 1 aliphatic rings. The molecule has 0 aliphatic heterocycles. The minimum absolute atomic E-state index is 0.0990. The molecule has 9 nitrogen and oxygen atoms in total. The molecule has 136 valence electrons. The Labute approximate surface area is 158 Å². The molecule has 0 bridgehead atoms. The van der Waals surface area contributed by atoms with Crippen LogP contribution in [-0.4, -0.2) is 37.4 Å². The molecule has 1 fully saturated rings. The summed E-state index contributed by atoms with van der Waals surface area (Å²) in [6, 6.07) is 12.3. The number of hydrogen-bond acceptors (Lipinski definition) is 8. The first-order valence-electron chi connectivity index (χ1n) is 8.24. The minimum atomic E-state index is -3.81. The fourth-order valence-corrected chi connectivity index (χ4v) is 4.70. The predicted molar refractivity (Wildman–Crippen MR) is 99.7 cm³/mol. The minimum Gasteiger partial charge on any atom is -0.280 e. The first-order valence-corrected chi connectivity index (χ1v) is 10.5. The Bertz CT molecular complexity index is 1240. The van der Waals surface area contributed by atoms with E-state index in [2.05, 4.69) is 29.0 Å². The number of benzene rings is 2. The van der Waals surface area contributed by atoms with E-state index < -0.39 is 10.0 Å². The third-order valence-electron chi connectivity index (χ3n) is 4.30. The van der Waals surface area contributed by atoms with Gasteiger partial charge in [0.15, 0.2) is 5.82 Å². The predicted octanol–water partition coefficient (Wildman–Crippen LogP) is 2.48. The zero-order valence-electron chi connectivity index (χ0n) is 13.8. The maximum atomic E-state index is 12.9. The van der Waals surface area contributed by atoms with Crippen molar-refractivity contribution in [2.75, 3.05) is 4.72 Å². The Hall–Kier alpha value is -2.92. The van der Waals surface area contributed by atoms with Crippen LogP contribution in [0, 0.1) is 0 Å². The number of rotatable bonds is 5. The molecule has 0 amide bonds. The van der Waals surface area contributed by atoms with Gasteiger partial charge >= 0.3 is 0 Å². The van der Waals surface area contributed by atoms with Crippen LogP contribution in [-0.2, 0) is 10.0 Å². The van der Waals surface area contributed by atoms with Crippen molar-refractivity contribution in [1.82, 2.24) is 29.0 Å². The van der Waals surface area contributed by atoms with Crippen molar-refractivity contribution in [2.24, 2.45) is 0 Å². The van der Waals surface area contributed by atoms with Crippen LogP contribution in [0.2, 0.25) is 0 Å². The quantitative estimate of drug-likeness (QED) is 0.548. The lowest BCUT2D eigenvalue weighted by molar-refractivity contribution is 0.602. The molecule has 0 saturated heterocycles. The van der Waals surface area contributed by atoms with Crippen molar-refractivity contribution in [1.29, 1.82) is 0 Å². The third-order valence-corrected chi connectivity index (χ3v) is 6.25. The topological polar surface area (TPSA) is 116 Å². The second kappa shape index (κ2) is 6.06. The van der Waals surface area contributed by atoms with E-state index in [1.54, 1.807) is 35.0 Å². The fraction of sp³-hybridized carbons (Fsp3) is 0.188. The Morgan fingerprint density at radius 1 is 1.11 bits per heavy atom. The Balaban J connectivity index is 1.50. The van der Waals surface area contributed by atoms with Gasteiger partial charge in [-0.2, -0.15) is 8.75 Å². The molecule has 27 heavy (non-hydrogen) atoms. The highest BCUT2D eigenvalue weighted by atomic mass is 32.2. The highest BCUT2D eigenvalue weighted by Crippen LogP contribution is 2.37. The van der Waals surface area contributed by atoms with Gasteiger partial charge in [-0.1, -0.05) is 18.2 Å². The van der Waals surface area contributed by atoms with Gasteiger partial charge in [0.05, 0.1) is 17.8 Å². The summed E-state index contributed by atoms with van der Waals surface area (Å²) in [4.78, 5) is 0.0990. The number of fused-ring (bicyclic) bond motifs is 1. The summed E-state index contributed by atoms with van der Waals surface area (Å²) >= 11 is 0.983. The average Bonchev–Trinajstić information content (AvgIpc) is 3.19. The standard InChI is InChI=1S/C16H13N7O2S2/c24-27(25,14-6-2-5-13-15(14)19-26-18-13)20-11-4-1-3-10(9-11)16-17-21-22-23(16)12-7-8-12/h1-6,9,12,20H,7-8H2. The Morgan fingerprint density at radius 3 is 2.81 bits per heavy atom. The summed E-state index contributed by atoms with van der Waals surface area (Å²) < 4.78 is 38.4. The Kier molecular flexibility index (Phi) is 3.65. The van der Waals surface area contributed by atoms with Crippen LogP contribution in [0.15, 0.2) is 47.4 Å². The lowest BCUT2D eigenvalue weighted by Crippen LogP contribution is -2.13. The first kappa shape index (κ1) is 16.3. The molecule has 5 rings (SSSR count). The smallest absolute Gasteiger partial charge is 0.264 e. The monoisotopic (exact) mass is 399 g/mol. The fourth-order valence-electron chi connectivity index (χ4n) is 2.88. The number of nitrogens with one attached hydrogen (secondary N) is 1. The molecule has 0 unspecified atom stereocenters. The van der Waals surface area contributed by atoms with Crippen molar-refractivity contribution in [3.63, 3.8) is 0 Å². The van der Waals surface area contributed by atoms with Gasteiger partial charge in [0.1, 0.15) is 15.9 Å². The molecule has 11 heteroatoms. The van der Waals surface area contributed by atoms with Crippen LogP contribution in [0.1, 0.15) is 18.9 Å². The molecule has 0 atom stereocenters. The van der Waals surface area contributed by atoms with E-state index in [-0.39, 0.29) is 4.90 Å². The second-order valence-electron chi connectivity index (χ2n) is 6.25. The molecule has 1 N–H and O–H groups in total. The summed E-state index contributed by atoms with van der Waals surface area (Å²) in [5.74, 6) is 0.629. The molecule has 4 aromatic rings. The average molecular weight is 399 g/mol. The molecule has 2 aromatic heterocycles. The largest absolute Gasteiger partial charge is 0.280 e. The maximum absolute atomic E-state index is 12.9. The van der Waals surface area contributed by atoms with E-state index in [4.69, 9.17) is 0 Å².